The van der Waals surface area contributed by atoms with Crippen molar-refractivity contribution in [1.82, 2.24) is 20.2 Å². The smallest absolute Gasteiger partial charge is 0.250 e. The number of phenolic OH excluding ortho intramolecular Hbond substituents is 1. The molecule has 0 aliphatic carbocycles. The highest BCUT2D eigenvalue weighted by atomic mass is 79.9. The summed E-state index contributed by atoms with van der Waals surface area (Å²) in [6.07, 6.45) is 1.37. The highest BCUT2D eigenvalue weighted by molar-refractivity contribution is 9.10. The number of hydrogen-bond acceptors (Lipinski definition) is 7. The average Bonchev–Trinajstić information content (AvgIpc) is 3.17. The number of ether oxygens (including phenoxy) is 1. The third-order valence-corrected chi connectivity index (χ3v) is 5.80. The molecule has 0 unspecified atom stereocenters. The fraction of sp³-hybridized carbons (Fsp3) is 0.217. The van der Waals surface area contributed by atoms with Crippen LogP contribution in [0.5, 0.6) is 11.5 Å². The molecule has 1 heterocycles. The van der Waals surface area contributed by atoms with Gasteiger partial charge in [-0.15, -0.1) is 10.2 Å². The van der Waals surface area contributed by atoms with Crippen LogP contribution < -0.4 is 10.2 Å². The number of nitrogens with zero attached hydrogens (tertiary/aromatic N) is 4. The Morgan fingerprint density at radius 2 is 2.06 bits per heavy atom. The number of aromatic nitrogens is 3. The number of allylic oxidation sites excluding steroid dienone is 1. The van der Waals surface area contributed by atoms with Crippen LogP contribution in [0, 0.1) is 0 Å². The van der Waals surface area contributed by atoms with Gasteiger partial charge in [0.1, 0.15) is 0 Å². The summed E-state index contributed by atoms with van der Waals surface area (Å²) in [4.78, 5) is 12.3. The first kappa shape index (κ1) is 24.5. The number of hydrazone groups is 1. The van der Waals surface area contributed by atoms with Gasteiger partial charge in [0, 0.05) is 22.1 Å². The van der Waals surface area contributed by atoms with Crippen LogP contribution in [0.3, 0.4) is 0 Å². The van der Waals surface area contributed by atoms with Gasteiger partial charge in [-0.3, -0.25) is 9.36 Å². The number of phenols is 1. The van der Waals surface area contributed by atoms with Crippen LogP contribution in [0.1, 0.15) is 19.4 Å². The molecule has 0 aliphatic rings. The maximum absolute atomic E-state index is 12.3. The molecule has 1 aromatic heterocycles. The van der Waals surface area contributed by atoms with Gasteiger partial charge in [0.05, 0.1) is 18.6 Å². The number of aromatic hydroxyl groups is 1. The highest BCUT2D eigenvalue weighted by Crippen LogP contribution is 2.29. The minimum Gasteiger partial charge on any atom is -0.504 e. The molecular formula is C23H24BrN5O3S. The summed E-state index contributed by atoms with van der Waals surface area (Å²) in [5.74, 6) is 0.821. The summed E-state index contributed by atoms with van der Waals surface area (Å²) in [5, 5.41) is 23.3. The standard InChI is InChI=1S/C23H24BrN5O3S/c1-4-32-19-7-5-6-17(21(19)31)12-25-26-20(30)14-33-23-28-27-22(29(23)13-15(2)3)16-8-10-18(24)11-9-16/h5-12,31H,2,4,13-14H2,1,3H3,(H,26,30). The first-order valence-corrected chi connectivity index (χ1v) is 11.9. The van der Waals surface area contributed by atoms with E-state index in [-0.39, 0.29) is 17.4 Å². The van der Waals surface area contributed by atoms with E-state index in [9.17, 15) is 9.90 Å². The van der Waals surface area contributed by atoms with Crippen LogP contribution in [0.4, 0.5) is 0 Å². The van der Waals surface area contributed by atoms with Gasteiger partial charge in [-0.05, 0) is 38.1 Å². The van der Waals surface area contributed by atoms with E-state index in [0.29, 0.717) is 35.4 Å². The molecule has 0 fully saturated rings. The van der Waals surface area contributed by atoms with Crippen molar-refractivity contribution in [3.8, 4) is 22.9 Å². The lowest BCUT2D eigenvalue weighted by Crippen LogP contribution is -2.20. The van der Waals surface area contributed by atoms with Crippen molar-refractivity contribution < 1.29 is 14.6 Å². The second-order valence-electron chi connectivity index (χ2n) is 7.07. The van der Waals surface area contributed by atoms with Gasteiger partial charge in [0.25, 0.3) is 5.91 Å². The number of para-hydroxylation sites is 1. The lowest BCUT2D eigenvalue weighted by molar-refractivity contribution is -0.118. The lowest BCUT2D eigenvalue weighted by Gasteiger charge is -2.10. The Hall–Kier alpha value is -3.11. The SMILES string of the molecule is C=C(C)Cn1c(SCC(=O)NN=Cc2cccc(OCC)c2O)nnc1-c1ccc(Br)cc1. The van der Waals surface area contributed by atoms with E-state index in [2.05, 4.69) is 43.2 Å². The zero-order valence-corrected chi connectivity index (χ0v) is 20.7. The molecule has 0 atom stereocenters. The zero-order valence-electron chi connectivity index (χ0n) is 18.3. The van der Waals surface area contributed by atoms with E-state index in [1.54, 1.807) is 18.2 Å². The van der Waals surface area contributed by atoms with Crippen LogP contribution >= 0.6 is 27.7 Å². The second-order valence-corrected chi connectivity index (χ2v) is 8.92. The van der Waals surface area contributed by atoms with E-state index < -0.39 is 0 Å². The number of rotatable bonds is 10. The van der Waals surface area contributed by atoms with Gasteiger partial charge in [0.15, 0.2) is 22.5 Å². The van der Waals surface area contributed by atoms with Gasteiger partial charge in [-0.25, -0.2) is 5.43 Å². The van der Waals surface area contributed by atoms with Crippen molar-refractivity contribution >= 4 is 39.8 Å². The van der Waals surface area contributed by atoms with Crippen molar-refractivity contribution in [2.24, 2.45) is 5.10 Å². The van der Waals surface area contributed by atoms with Crippen molar-refractivity contribution in [2.45, 2.75) is 25.5 Å². The molecule has 8 nitrogen and oxygen atoms in total. The number of nitrogens with one attached hydrogen (secondary N) is 1. The molecule has 1 amide bonds. The summed E-state index contributed by atoms with van der Waals surface area (Å²) in [6, 6.07) is 12.9. The number of hydrogen-bond donors (Lipinski definition) is 2. The van der Waals surface area contributed by atoms with Crippen LogP contribution in [0.25, 0.3) is 11.4 Å². The largest absolute Gasteiger partial charge is 0.504 e. The molecule has 172 valence electrons. The molecular weight excluding hydrogens is 506 g/mol. The Bertz CT molecular complexity index is 1160. The molecule has 2 N–H and O–H groups in total. The molecule has 3 rings (SSSR count). The minimum absolute atomic E-state index is 0.0277. The molecule has 2 aromatic carbocycles. The van der Waals surface area contributed by atoms with E-state index in [1.165, 1.54) is 18.0 Å². The van der Waals surface area contributed by atoms with Crippen LogP contribution in [-0.4, -0.2) is 44.4 Å². The summed E-state index contributed by atoms with van der Waals surface area (Å²) in [6.45, 7) is 8.72. The fourth-order valence-electron chi connectivity index (χ4n) is 2.87. The molecule has 3 aromatic rings. The van der Waals surface area contributed by atoms with Crippen molar-refractivity contribution in [2.75, 3.05) is 12.4 Å². The van der Waals surface area contributed by atoms with Gasteiger partial charge in [0.2, 0.25) is 0 Å². The molecule has 0 spiro atoms. The number of amides is 1. The predicted octanol–water partition coefficient (Wildman–Crippen LogP) is 4.63. The van der Waals surface area contributed by atoms with Gasteiger partial charge >= 0.3 is 0 Å². The molecule has 0 bridgehead atoms. The summed E-state index contributed by atoms with van der Waals surface area (Å²) in [7, 11) is 0. The maximum Gasteiger partial charge on any atom is 0.250 e. The topological polar surface area (TPSA) is 102 Å². The van der Waals surface area contributed by atoms with Crippen LogP contribution in [0.15, 0.2) is 69.3 Å². The third-order valence-electron chi connectivity index (χ3n) is 4.30. The van der Waals surface area contributed by atoms with Crippen molar-refractivity contribution in [1.29, 1.82) is 0 Å². The molecule has 0 aliphatic heterocycles. The summed E-state index contributed by atoms with van der Waals surface area (Å²) < 4.78 is 8.25. The molecule has 0 radical (unpaired) electrons. The van der Waals surface area contributed by atoms with Crippen molar-refractivity contribution in [3.63, 3.8) is 0 Å². The Balaban J connectivity index is 1.65. The van der Waals surface area contributed by atoms with Crippen LogP contribution in [-0.2, 0) is 11.3 Å². The van der Waals surface area contributed by atoms with E-state index in [4.69, 9.17) is 4.74 Å². The monoisotopic (exact) mass is 529 g/mol. The molecule has 0 saturated heterocycles. The van der Waals surface area contributed by atoms with Crippen molar-refractivity contribution in [3.05, 3.63) is 64.7 Å². The zero-order chi connectivity index (χ0) is 23.8. The number of carbonyl (C=O) groups excluding carboxylic acids is 1. The number of halogens is 1. The Morgan fingerprint density at radius 3 is 2.76 bits per heavy atom. The maximum atomic E-state index is 12.3. The van der Waals surface area contributed by atoms with E-state index in [1.807, 2.05) is 42.7 Å². The van der Waals surface area contributed by atoms with Gasteiger partial charge in [-0.2, -0.15) is 5.10 Å². The quantitative estimate of drug-likeness (QED) is 0.172. The summed E-state index contributed by atoms with van der Waals surface area (Å²) >= 11 is 4.69. The van der Waals surface area contributed by atoms with E-state index >= 15 is 0 Å². The Labute approximate surface area is 204 Å². The fourth-order valence-corrected chi connectivity index (χ4v) is 3.87. The Morgan fingerprint density at radius 1 is 1.30 bits per heavy atom. The minimum atomic E-state index is -0.313. The Kier molecular flexibility index (Phi) is 8.67. The number of benzene rings is 2. The summed E-state index contributed by atoms with van der Waals surface area (Å²) in [5.41, 5.74) is 4.76. The third kappa shape index (κ3) is 6.69. The lowest BCUT2D eigenvalue weighted by atomic mass is 10.2. The molecule has 10 heteroatoms. The van der Waals surface area contributed by atoms with Gasteiger partial charge in [-0.1, -0.05) is 58.0 Å². The molecule has 33 heavy (non-hydrogen) atoms. The second kappa shape index (κ2) is 11.7. The predicted molar refractivity (Wildman–Crippen MR) is 134 cm³/mol. The number of thioether (sulfide) groups is 1. The van der Waals surface area contributed by atoms with Crippen LogP contribution in [0.2, 0.25) is 0 Å². The number of carbonyl (C=O) groups is 1. The molecule has 0 saturated carbocycles. The van der Waals surface area contributed by atoms with E-state index in [0.717, 1.165) is 15.6 Å². The highest BCUT2D eigenvalue weighted by Gasteiger charge is 2.16. The first-order chi connectivity index (χ1) is 15.9. The first-order valence-electron chi connectivity index (χ1n) is 10.1. The normalized spacial score (nSPS) is 11.0. The van der Waals surface area contributed by atoms with Gasteiger partial charge < -0.3 is 9.84 Å². The average molecular weight is 530 g/mol.